The molecule has 0 heteroatoms. The monoisotopic (exact) mass is 252 g/mol. The van der Waals surface area contributed by atoms with Crippen molar-refractivity contribution in [2.75, 3.05) is 0 Å². The normalized spacial score (nSPS) is 59.4. The van der Waals surface area contributed by atoms with Gasteiger partial charge in [0.1, 0.15) is 0 Å². The molecule has 1 aromatic carbocycles. The Morgan fingerprint density at radius 2 is 1.53 bits per heavy atom. The van der Waals surface area contributed by atoms with Crippen molar-refractivity contribution in [3.63, 3.8) is 0 Å². The molecule has 0 N–H and O–H groups in total. The molecule has 1 aromatic rings. The van der Waals surface area contributed by atoms with E-state index in [4.69, 9.17) is 0 Å². The Morgan fingerprint density at radius 1 is 0.842 bits per heavy atom. The maximum atomic E-state index is 2.56. The Morgan fingerprint density at radius 3 is 2.05 bits per heavy atom. The molecule has 0 bridgehead atoms. The Kier molecular flexibility index (Phi) is 1.61. The van der Waals surface area contributed by atoms with Gasteiger partial charge in [0, 0.05) is 5.41 Å². The molecule has 0 saturated heterocycles. The molecule has 0 nitrogen and oxygen atoms in total. The average Bonchev–Trinajstić information content (AvgIpc) is 2.39. The van der Waals surface area contributed by atoms with Crippen LogP contribution in [0.3, 0.4) is 0 Å². The average molecular weight is 252 g/mol. The maximum absolute atomic E-state index is 2.56. The molecule has 0 amide bonds. The minimum absolute atomic E-state index is 0.590. The van der Waals surface area contributed by atoms with Gasteiger partial charge in [-0.3, -0.25) is 0 Å². The van der Waals surface area contributed by atoms with Crippen molar-refractivity contribution in [3.05, 3.63) is 35.9 Å². The van der Waals surface area contributed by atoms with Gasteiger partial charge in [-0.15, -0.1) is 0 Å². The van der Waals surface area contributed by atoms with Crippen molar-refractivity contribution < 1.29 is 0 Å². The summed E-state index contributed by atoms with van der Waals surface area (Å²) in [6, 6.07) is 11.5. The first-order chi connectivity index (χ1) is 9.10. The topological polar surface area (TPSA) is 0 Å². The summed E-state index contributed by atoms with van der Waals surface area (Å²) in [7, 11) is 0. The van der Waals surface area contributed by atoms with Crippen molar-refractivity contribution in [2.24, 2.45) is 46.8 Å². The summed E-state index contributed by atoms with van der Waals surface area (Å²) < 4.78 is 0. The lowest BCUT2D eigenvalue weighted by Gasteiger charge is -3.00. The van der Waals surface area contributed by atoms with Crippen LogP contribution < -0.4 is 0 Å². The number of rotatable bonds is 2. The van der Waals surface area contributed by atoms with Gasteiger partial charge in [-0.2, -0.15) is 0 Å². The van der Waals surface area contributed by atoms with E-state index in [-0.39, 0.29) is 0 Å². The van der Waals surface area contributed by atoms with Gasteiger partial charge in [0.05, 0.1) is 0 Å². The predicted molar refractivity (Wildman–Crippen MR) is 77.7 cm³/mol. The molecule has 8 atom stereocenters. The van der Waals surface area contributed by atoms with E-state index in [2.05, 4.69) is 58.0 Å². The first-order valence-electron chi connectivity index (χ1n) is 8.16. The van der Waals surface area contributed by atoms with Crippen molar-refractivity contribution in [2.45, 2.75) is 33.1 Å². The number of hydrogen-bond acceptors (Lipinski definition) is 0. The van der Waals surface area contributed by atoms with Gasteiger partial charge in [0.2, 0.25) is 0 Å². The van der Waals surface area contributed by atoms with Crippen LogP contribution in [0.1, 0.15) is 33.3 Å². The summed E-state index contributed by atoms with van der Waals surface area (Å²) >= 11 is 0. The Labute approximate surface area is 116 Å². The fourth-order valence-corrected chi connectivity index (χ4v) is 8.20. The highest BCUT2D eigenvalue weighted by Gasteiger charge is 2.97. The molecule has 0 spiro atoms. The third kappa shape index (κ3) is 0.705. The molecule has 4 aliphatic rings. The molecular formula is C19H24. The highest BCUT2D eigenvalue weighted by atomic mass is 15.0. The third-order valence-corrected chi connectivity index (χ3v) is 8.31. The van der Waals surface area contributed by atoms with Gasteiger partial charge >= 0.3 is 0 Å². The molecule has 5 rings (SSSR count). The number of benzene rings is 1. The lowest BCUT2D eigenvalue weighted by atomic mass is 9.03. The minimum Gasteiger partial charge on any atom is -0.0622 e. The van der Waals surface area contributed by atoms with Crippen LogP contribution in [0, 0.1) is 46.8 Å². The fraction of sp³-hybridized carbons (Fsp3) is 0.684. The third-order valence-electron chi connectivity index (χ3n) is 8.31. The number of hydrogen-bond donors (Lipinski definition) is 0. The molecule has 4 fully saturated rings. The summed E-state index contributed by atoms with van der Waals surface area (Å²) in [6.07, 6.45) is 0. The summed E-state index contributed by atoms with van der Waals surface area (Å²) in [5.41, 5.74) is 2.99. The molecule has 4 saturated carbocycles. The Bertz CT molecular complexity index is 543. The van der Waals surface area contributed by atoms with Crippen molar-refractivity contribution in [1.82, 2.24) is 0 Å². The van der Waals surface area contributed by atoms with Crippen LogP contribution in [0.25, 0.3) is 0 Å². The van der Waals surface area contributed by atoms with Crippen LogP contribution in [-0.4, -0.2) is 0 Å². The molecular weight excluding hydrogens is 228 g/mol. The zero-order valence-corrected chi connectivity index (χ0v) is 12.4. The first kappa shape index (κ1) is 10.9. The van der Waals surface area contributed by atoms with Crippen LogP contribution in [0.2, 0.25) is 0 Å². The fourth-order valence-electron chi connectivity index (χ4n) is 8.20. The molecule has 0 aromatic heterocycles. The van der Waals surface area contributed by atoms with Crippen molar-refractivity contribution in [3.8, 4) is 0 Å². The van der Waals surface area contributed by atoms with E-state index in [9.17, 15) is 0 Å². The van der Waals surface area contributed by atoms with E-state index in [1.54, 1.807) is 5.56 Å². The zero-order chi connectivity index (χ0) is 13.2. The van der Waals surface area contributed by atoms with Crippen LogP contribution in [-0.2, 0) is 5.41 Å². The lowest BCUT2D eigenvalue weighted by molar-refractivity contribution is -0.511. The molecule has 4 aliphatic carbocycles. The van der Waals surface area contributed by atoms with E-state index in [0.29, 0.717) is 5.41 Å². The van der Waals surface area contributed by atoms with E-state index >= 15 is 0 Å². The first-order valence-corrected chi connectivity index (χ1v) is 8.16. The lowest BCUT2D eigenvalue weighted by Crippen LogP contribution is -2.99. The second-order valence-corrected chi connectivity index (χ2v) is 8.13. The van der Waals surface area contributed by atoms with Crippen molar-refractivity contribution >= 4 is 0 Å². The van der Waals surface area contributed by atoms with E-state index in [1.807, 2.05) is 0 Å². The van der Waals surface area contributed by atoms with Gasteiger partial charge in [0.25, 0.3) is 0 Å². The van der Waals surface area contributed by atoms with Crippen LogP contribution in [0.5, 0.6) is 0 Å². The Balaban J connectivity index is 1.63. The van der Waals surface area contributed by atoms with E-state index in [0.717, 1.165) is 46.8 Å². The quantitative estimate of drug-likeness (QED) is 0.733. The minimum atomic E-state index is 0.590. The van der Waals surface area contributed by atoms with Gasteiger partial charge in [-0.25, -0.2) is 0 Å². The van der Waals surface area contributed by atoms with Crippen LogP contribution in [0.15, 0.2) is 30.3 Å². The molecule has 100 valence electrons. The zero-order valence-electron chi connectivity index (χ0n) is 12.4. The largest absolute Gasteiger partial charge is 0.0622 e. The number of fused-ring (bicyclic) bond motifs is 2. The van der Waals surface area contributed by atoms with Gasteiger partial charge < -0.3 is 0 Å². The highest BCUT2D eigenvalue weighted by molar-refractivity contribution is 5.53. The molecule has 0 radical (unpaired) electrons. The molecule has 0 heterocycles. The predicted octanol–water partition coefficient (Wildman–Crippen LogP) is 4.36. The SMILES string of the molecule is CC1C2C3C4C(C(C)C24C(C)C)C13c1ccccc1. The Hall–Kier alpha value is -0.780. The molecule has 0 aliphatic heterocycles. The van der Waals surface area contributed by atoms with E-state index < -0.39 is 0 Å². The standard InChI is InChI=1S/C19H24/c1-10(2)18-11(3)15-16(18)17-14(18)12(4)19(15,17)13-8-6-5-7-9-13/h5-12,14-17H,1-4H3. The molecule has 8 unspecified atom stereocenters. The highest BCUT2D eigenvalue weighted by Crippen LogP contribution is 2.99. The summed E-state index contributed by atoms with van der Waals surface area (Å²) in [5.74, 6) is 6.95. The van der Waals surface area contributed by atoms with Gasteiger partial charge in [0.15, 0.2) is 0 Å². The summed E-state index contributed by atoms with van der Waals surface area (Å²) in [4.78, 5) is 0. The second kappa shape index (κ2) is 2.80. The maximum Gasteiger partial charge on any atom is 0.00496 e. The van der Waals surface area contributed by atoms with Crippen LogP contribution >= 0.6 is 0 Å². The molecule has 19 heavy (non-hydrogen) atoms. The summed E-state index contributed by atoms with van der Waals surface area (Å²) in [6.45, 7) is 10.1. The second-order valence-electron chi connectivity index (χ2n) is 8.13. The van der Waals surface area contributed by atoms with Crippen molar-refractivity contribution in [1.29, 1.82) is 0 Å². The van der Waals surface area contributed by atoms with Crippen LogP contribution in [0.4, 0.5) is 0 Å². The van der Waals surface area contributed by atoms with Gasteiger partial charge in [-0.05, 0) is 52.4 Å². The smallest absolute Gasteiger partial charge is 0.00496 e. The summed E-state index contributed by atoms with van der Waals surface area (Å²) in [5, 5.41) is 0. The van der Waals surface area contributed by atoms with Gasteiger partial charge in [-0.1, -0.05) is 58.0 Å². The van der Waals surface area contributed by atoms with E-state index in [1.165, 1.54) is 0 Å².